The second-order valence-electron chi connectivity index (χ2n) is 7.48. The summed E-state index contributed by atoms with van der Waals surface area (Å²) in [5.74, 6) is 1.34. The average molecular weight is 270 g/mol. The summed E-state index contributed by atoms with van der Waals surface area (Å²) in [6, 6.07) is 0.380. The minimum Gasteiger partial charge on any atom is -0.383 e. The molecule has 114 valence electrons. The molecular formula is C16H34N2O. The van der Waals surface area contributed by atoms with Crippen molar-refractivity contribution < 1.29 is 4.74 Å². The Hall–Kier alpha value is -0.120. The Labute approximate surface area is 119 Å². The van der Waals surface area contributed by atoms with Crippen molar-refractivity contribution in [2.45, 2.75) is 53.0 Å². The second kappa shape index (κ2) is 7.61. The normalized spacial score (nSPS) is 27.2. The molecule has 3 nitrogen and oxygen atoms in total. The van der Waals surface area contributed by atoms with Crippen molar-refractivity contribution in [2.24, 2.45) is 23.0 Å². The molecule has 0 saturated heterocycles. The van der Waals surface area contributed by atoms with Gasteiger partial charge < -0.3 is 15.4 Å². The zero-order valence-corrected chi connectivity index (χ0v) is 13.6. The molecule has 19 heavy (non-hydrogen) atoms. The number of hydrogen-bond acceptors (Lipinski definition) is 3. The van der Waals surface area contributed by atoms with Gasteiger partial charge in [0.25, 0.3) is 0 Å². The maximum absolute atomic E-state index is 6.35. The molecule has 1 fully saturated rings. The Morgan fingerprint density at radius 1 is 1.37 bits per heavy atom. The molecule has 0 aromatic rings. The Morgan fingerprint density at radius 3 is 2.63 bits per heavy atom. The van der Waals surface area contributed by atoms with Crippen LogP contribution >= 0.6 is 0 Å². The fraction of sp³-hybridized carbons (Fsp3) is 1.00. The van der Waals surface area contributed by atoms with Crippen LogP contribution < -0.4 is 5.73 Å². The summed E-state index contributed by atoms with van der Waals surface area (Å²) in [6.45, 7) is 13.5. The van der Waals surface area contributed by atoms with E-state index in [-0.39, 0.29) is 0 Å². The predicted molar refractivity (Wildman–Crippen MR) is 82.3 cm³/mol. The minimum atomic E-state index is 0.380. The summed E-state index contributed by atoms with van der Waals surface area (Å²) >= 11 is 0. The van der Waals surface area contributed by atoms with Crippen LogP contribution in [0.25, 0.3) is 0 Å². The molecule has 1 saturated carbocycles. The highest BCUT2D eigenvalue weighted by Gasteiger charge is 2.33. The lowest BCUT2D eigenvalue weighted by Crippen LogP contribution is -2.46. The van der Waals surface area contributed by atoms with Gasteiger partial charge in [-0.05, 0) is 36.5 Å². The van der Waals surface area contributed by atoms with E-state index in [0.29, 0.717) is 23.3 Å². The second-order valence-corrected chi connectivity index (χ2v) is 7.48. The first-order valence-corrected chi connectivity index (χ1v) is 7.81. The van der Waals surface area contributed by atoms with E-state index < -0.39 is 0 Å². The molecular weight excluding hydrogens is 236 g/mol. The van der Waals surface area contributed by atoms with Gasteiger partial charge in [0.05, 0.1) is 6.61 Å². The Kier molecular flexibility index (Phi) is 6.78. The highest BCUT2D eigenvalue weighted by atomic mass is 16.5. The molecule has 2 unspecified atom stereocenters. The number of methoxy groups -OCH3 is 1. The number of rotatable bonds is 7. The Balaban J connectivity index is 2.54. The average Bonchev–Trinajstić information content (AvgIpc) is 2.30. The van der Waals surface area contributed by atoms with Crippen LogP contribution in [0, 0.1) is 17.3 Å². The van der Waals surface area contributed by atoms with Crippen LogP contribution in [0.2, 0.25) is 0 Å². The molecule has 1 aliphatic rings. The smallest absolute Gasteiger partial charge is 0.0589 e. The van der Waals surface area contributed by atoms with E-state index in [2.05, 4.69) is 32.6 Å². The molecule has 0 aromatic heterocycles. The molecule has 0 aliphatic heterocycles. The largest absolute Gasteiger partial charge is 0.383 e. The molecule has 3 heteroatoms. The van der Waals surface area contributed by atoms with Gasteiger partial charge in [-0.3, -0.25) is 0 Å². The van der Waals surface area contributed by atoms with Gasteiger partial charge >= 0.3 is 0 Å². The van der Waals surface area contributed by atoms with Crippen LogP contribution in [0.4, 0.5) is 0 Å². The van der Waals surface area contributed by atoms with Crippen molar-refractivity contribution in [3.8, 4) is 0 Å². The van der Waals surface area contributed by atoms with E-state index in [1.54, 1.807) is 7.11 Å². The van der Waals surface area contributed by atoms with Gasteiger partial charge in [-0.2, -0.15) is 0 Å². The first-order valence-electron chi connectivity index (χ1n) is 7.81. The van der Waals surface area contributed by atoms with Crippen molar-refractivity contribution in [2.75, 3.05) is 33.4 Å². The summed E-state index contributed by atoms with van der Waals surface area (Å²) < 4.78 is 5.24. The van der Waals surface area contributed by atoms with Crippen LogP contribution in [0.1, 0.15) is 47.0 Å². The number of ether oxygens (including phenoxy) is 1. The summed E-state index contributed by atoms with van der Waals surface area (Å²) in [4.78, 5) is 2.54. The van der Waals surface area contributed by atoms with Gasteiger partial charge in [0.15, 0.2) is 0 Å². The first kappa shape index (κ1) is 16.9. The number of hydrogen-bond donors (Lipinski definition) is 1. The summed E-state index contributed by atoms with van der Waals surface area (Å²) in [6.07, 6.45) is 3.71. The van der Waals surface area contributed by atoms with Crippen LogP contribution in [0.3, 0.4) is 0 Å². The van der Waals surface area contributed by atoms with Crippen molar-refractivity contribution in [1.82, 2.24) is 4.90 Å². The van der Waals surface area contributed by atoms with Gasteiger partial charge in [-0.1, -0.05) is 27.7 Å². The Morgan fingerprint density at radius 2 is 2.05 bits per heavy atom. The molecule has 0 radical (unpaired) electrons. The molecule has 0 spiro atoms. The number of nitrogens with two attached hydrogens (primary N) is 1. The van der Waals surface area contributed by atoms with Crippen LogP contribution in [0.15, 0.2) is 0 Å². The maximum atomic E-state index is 6.35. The molecule has 1 rings (SSSR count). The third-order valence-corrected chi connectivity index (χ3v) is 4.30. The van der Waals surface area contributed by atoms with Crippen molar-refractivity contribution in [3.63, 3.8) is 0 Å². The molecule has 0 heterocycles. The van der Waals surface area contributed by atoms with E-state index in [4.69, 9.17) is 10.5 Å². The highest BCUT2D eigenvalue weighted by Crippen LogP contribution is 2.38. The SMILES string of the molecule is COCCN(CC(C)C)CC1CC(C)(C)CCC1N. The van der Waals surface area contributed by atoms with E-state index in [1.807, 2.05) is 0 Å². The highest BCUT2D eigenvalue weighted by molar-refractivity contribution is 4.88. The maximum Gasteiger partial charge on any atom is 0.0589 e. The van der Waals surface area contributed by atoms with Gasteiger partial charge in [0, 0.05) is 32.8 Å². The predicted octanol–water partition coefficient (Wildman–Crippen LogP) is 2.74. The lowest BCUT2D eigenvalue weighted by atomic mass is 9.70. The van der Waals surface area contributed by atoms with Gasteiger partial charge in [-0.15, -0.1) is 0 Å². The fourth-order valence-electron chi connectivity index (χ4n) is 3.28. The first-order chi connectivity index (χ1) is 8.84. The fourth-order valence-corrected chi connectivity index (χ4v) is 3.28. The van der Waals surface area contributed by atoms with Gasteiger partial charge in [-0.25, -0.2) is 0 Å². The van der Waals surface area contributed by atoms with Crippen molar-refractivity contribution in [1.29, 1.82) is 0 Å². The van der Waals surface area contributed by atoms with Crippen molar-refractivity contribution >= 4 is 0 Å². The molecule has 2 N–H and O–H groups in total. The molecule has 1 aliphatic carbocycles. The minimum absolute atomic E-state index is 0.380. The van der Waals surface area contributed by atoms with Gasteiger partial charge in [0.2, 0.25) is 0 Å². The zero-order valence-electron chi connectivity index (χ0n) is 13.6. The quantitative estimate of drug-likeness (QED) is 0.773. The molecule has 0 amide bonds. The third kappa shape index (κ3) is 6.24. The molecule has 0 bridgehead atoms. The van der Waals surface area contributed by atoms with Crippen molar-refractivity contribution in [3.05, 3.63) is 0 Å². The van der Waals surface area contributed by atoms with E-state index in [0.717, 1.165) is 26.2 Å². The van der Waals surface area contributed by atoms with E-state index in [1.165, 1.54) is 19.3 Å². The summed E-state index contributed by atoms with van der Waals surface area (Å²) in [5.41, 5.74) is 6.81. The Bertz CT molecular complexity index is 253. The van der Waals surface area contributed by atoms with Gasteiger partial charge in [0.1, 0.15) is 0 Å². The van der Waals surface area contributed by atoms with Crippen LogP contribution in [-0.4, -0.2) is 44.3 Å². The third-order valence-electron chi connectivity index (χ3n) is 4.30. The van der Waals surface area contributed by atoms with E-state index in [9.17, 15) is 0 Å². The summed E-state index contributed by atoms with van der Waals surface area (Å²) in [7, 11) is 1.78. The summed E-state index contributed by atoms with van der Waals surface area (Å²) in [5, 5.41) is 0. The lowest BCUT2D eigenvalue weighted by molar-refractivity contribution is 0.0877. The monoisotopic (exact) mass is 270 g/mol. The van der Waals surface area contributed by atoms with E-state index >= 15 is 0 Å². The van der Waals surface area contributed by atoms with Crippen LogP contribution in [-0.2, 0) is 4.74 Å². The lowest BCUT2D eigenvalue weighted by Gasteiger charge is -2.41. The number of nitrogens with zero attached hydrogens (tertiary/aromatic N) is 1. The standard InChI is InChI=1S/C16H34N2O/c1-13(2)11-18(8-9-19-5)12-14-10-16(3,4)7-6-15(14)17/h13-15H,6-12,17H2,1-5H3. The zero-order chi connectivity index (χ0) is 14.5. The van der Waals surface area contributed by atoms with Crippen LogP contribution in [0.5, 0.6) is 0 Å². The molecule has 2 atom stereocenters. The molecule has 0 aromatic carbocycles. The topological polar surface area (TPSA) is 38.5 Å².